The molecule has 1 aliphatic heterocycles. The summed E-state index contributed by atoms with van der Waals surface area (Å²) in [5, 5.41) is 18.6. The summed E-state index contributed by atoms with van der Waals surface area (Å²) in [6, 6.07) is 4.11. The average molecular weight is 325 g/mol. The molecule has 22 heavy (non-hydrogen) atoms. The zero-order valence-corrected chi connectivity index (χ0v) is 14.2. The van der Waals surface area contributed by atoms with Crippen molar-refractivity contribution < 1.29 is 9.90 Å². The van der Waals surface area contributed by atoms with Crippen molar-refractivity contribution in [2.75, 3.05) is 24.6 Å². The lowest BCUT2D eigenvalue weighted by Crippen LogP contribution is -2.51. The van der Waals surface area contributed by atoms with E-state index in [1.165, 1.54) is 5.00 Å². The summed E-state index contributed by atoms with van der Waals surface area (Å²) in [5.41, 5.74) is 0. The van der Waals surface area contributed by atoms with Crippen molar-refractivity contribution in [2.24, 2.45) is 5.92 Å². The van der Waals surface area contributed by atoms with Gasteiger partial charge in [0, 0.05) is 19.1 Å². The molecular formula is C16H27N3O2S. The monoisotopic (exact) mass is 325 g/mol. The highest BCUT2D eigenvalue weighted by Crippen LogP contribution is 2.24. The van der Waals surface area contributed by atoms with Gasteiger partial charge < -0.3 is 20.6 Å². The second kappa shape index (κ2) is 8.39. The Labute approximate surface area is 136 Å². The molecule has 6 heteroatoms. The lowest BCUT2D eigenvalue weighted by molar-refractivity contribution is 0.203. The number of rotatable bonds is 6. The quantitative estimate of drug-likeness (QED) is 0.752. The molecule has 0 saturated carbocycles. The first-order chi connectivity index (χ1) is 10.6. The van der Waals surface area contributed by atoms with Gasteiger partial charge in [0.15, 0.2) is 0 Å². The van der Waals surface area contributed by atoms with Gasteiger partial charge in [-0.05, 0) is 42.7 Å². The molecule has 0 radical (unpaired) electrons. The predicted molar refractivity (Wildman–Crippen MR) is 91.6 cm³/mol. The Bertz CT molecular complexity index is 442. The van der Waals surface area contributed by atoms with E-state index in [1.807, 2.05) is 0 Å². The minimum Gasteiger partial charge on any atom is -0.394 e. The van der Waals surface area contributed by atoms with E-state index >= 15 is 0 Å². The van der Waals surface area contributed by atoms with Crippen LogP contribution in [0.15, 0.2) is 17.5 Å². The molecule has 1 fully saturated rings. The van der Waals surface area contributed by atoms with Gasteiger partial charge in [0.25, 0.3) is 0 Å². The number of nitrogens with zero attached hydrogens (tertiary/aromatic N) is 1. The molecule has 3 N–H and O–H groups in total. The van der Waals surface area contributed by atoms with Crippen LogP contribution in [0, 0.1) is 5.92 Å². The van der Waals surface area contributed by atoms with E-state index in [2.05, 4.69) is 46.9 Å². The SMILES string of the molecule is CC(C)CC(CO)NC(=O)NC1CCN(c2cccs2)CC1. The van der Waals surface area contributed by atoms with Crippen LogP contribution < -0.4 is 15.5 Å². The number of piperidine rings is 1. The number of hydrogen-bond donors (Lipinski definition) is 3. The number of aliphatic hydroxyl groups is 1. The molecule has 1 unspecified atom stereocenters. The van der Waals surface area contributed by atoms with Crippen LogP contribution in [-0.2, 0) is 0 Å². The van der Waals surface area contributed by atoms with Crippen molar-refractivity contribution in [3.8, 4) is 0 Å². The maximum absolute atomic E-state index is 12.0. The molecule has 2 heterocycles. The molecule has 1 saturated heterocycles. The Hall–Kier alpha value is -1.27. The van der Waals surface area contributed by atoms with Crippen LogP contribution in [0.4, 0.5) is 9.80 Å². The topological polar surface area (TPSA) is 64.6 Å². The summed E-state index contributed by atoms with van der Waals surface area (Å²) in [6.45, 7) is 6.11. The smallest absolute Gasteiger partial charge is 0.315 e. The van der Waals surface area contributed by atoms with Gasteiger partial charge in [0.05, 0.1) is 17.6 Å². The van der Waals surface area contributed by atoms with Crippen molar-refractivity contribution >= 4 is 22.4 Å². The summed E-state index contributed by atoms with van der Waals surface area (Å²) < 4.78 is 0. The molecule has 5 nitrogen and oxygen atoms in total. The van der Waals surface area contributed by atoms with Crippen LogP contribution in [0.3, 0.4) is 0 Å². The fraction of sp³-hybridized carbons (Fsp3) is 0.688. The van der Waals surface area contributed by atoms with E-state index < -0.39 is 0 Å². The number of thiophene rings is 1. The summed E-state index contributed by atoms with van der Waals surface area (Å²) in [4.78, 5) is 14.4. The van der Waals surface area contributed by atoms with Gasteiger partial charge in [-0.2, -0.15) is 0 Å². The number of aliphatic hydroxyl groups excluding tert-OH is 1. The standard InChI is InChI=1S/C16H27N3O2S/c1-12(2)10-14(11-20)18-16(21)17-13-5-7-19(8-6-13)15-4-3-9-22-15/h3-4,9,12-14,20H,5-8,10-11H2,1-2H3,(H2,17,18,21). The molecule has 1 aromatic rings. The van der Waals surface area contributed by atoms with Gasteiger partial charge >= 0.3 is 6.03 Å². The highest BCUT2D eigenvalue weighted by molar-refractivity contribution is 7.14. The minimum absolute atomic E-state index is 0.0115. The Balaban J connectivity index is 1.72. The second-order valence-corrected chi connectivity index (χ2v) is 7.27. The number of carbonyl (C=O) groups is 1. The molecule has 1 aliphatic rings. The number of amides is 2. The third-order valence-electron chi connectivity index (χ3n) is 3.96. The van der Waals surface area contributed by atoms with E-state index in [9.17, 15) is 9.90 Å². The first-order valence-electron chi connectivity index (χ1n) is 8.04. The van der Waals surface area contributed by atoms with Crippen molar-refractivity contribution in [3.05, 3.63) is 17.5 Å². The van der Waals surface area contributed by atoms with Gasteiger partial charge in [-0.3, -0.25) is 0 Å². The number of urea groups is 1. The summed E-state index contributed by atoms with van der Waals surface area (Å²) in [7, 11) is 0. The second-order valence-electron chi connectivity index (χ2n) is 6.34. The van der Waals surface area contributed by atoms with Crippen LogP contribution >= 0.6 is 11.3 Å². The third-order valence-corrected chi connectivity index (χ3v) is 4.89. The van der Waals surface area contributed by atoms with Crippen molar-refractivity contribution in [1.29, 1.82) is 0 Å². The van der Waals surface area contributed by atoms with Crippen LogP contribution in [0.1, 0.15) is 33.1 Å². The Morgan fingerprint density at radius 1 is 1.45 bits per heavy atom. The van der Waals surface area contributed by atoms with E-state index in [0.29, 0.717) is 5.92 Å². The van der Waals surface area contributed by atoms with E-state index in [-0.39, 0.29) is 24.7 Å². The average Bonchev–Trinajstić information content (AvgIpc) is 3.01. The fourth-order valence-electron chi connectivity index (χ4n) is 2.85. The van der Waals surface area contributed by atoms with Gasteiger partial charge in [-0.25, -0.2) is 4.79 Å². The van der Waals surface area contributed by atoms with Crippen LogP contribution in [0.5, 0.6) is 0 Å². The Morgan fingerprint density at radius 2 is 2.18 bits per heavy atom. The molecule has 0 spiro atoms. The van der Waals surface area contributed by atoms with E-state index in [0.717, 1.165) is 32.4 Å². The number of carbonyl (C=O) groups excluding carboxylic acids is 1. The number of anilines is 1. The maximum Gasteiger partial charge on any atom is 0.315 e. The summed E-state index contributed by atoms with van der Waals surface area (Å²) in [6.07, 6.45) is 2.71. The molecule has 1 atom stereocenters. The predicted octanol–water partition coefficient (Wildman–Crippen LogP) is 2.42. The molecular weight excluding hydrogens is 298 g/mol. The lowest BCUT2D eigenvalue weighted by Gasteiger charge is -2.33. The Kier molecular flexibility index (Phi) is 6.51. The lowest BCUT2D eigenvalue weighted by atomic mass is 10.0. The Morgan fingerprint density at radius 3 is 2.73 bits per heavy atom. The van der Waals surface area contributed by atoms with Gasteiger partial charge in [-0.15, -0.1) is 11.3 Å². The molecule has 2 amide bonds. The summed E-state index contributed by atoms with van der Waals surface area (Å²) >= 11 is 1.76. The fourth-order valence-corrected chi connectivity index (χ4v) is 3.64. The maximum atomic E-state index is 12.0. The molecule has 0 aliphatic carbocycles. The normalized spacial score (nSPS) is 17.5. The van der Waals surface area contributed by atoms with E-state index in [4.69, 9.17) is 0 Å². The van der Waals surface area contributed by atoms with Crippen LogP contribution in [0.2, 0.25) is 0 Å². The molecule has 1 aromatic heterocycles. The number of nitrogens with one attached hydrogen (secondary N) is 2. The summed E-state index contributed by atoms with van der Waals surface area (Å²) in [5.74, 6) is 0.450. The van der Waals surface area contributed by atoms with Gasteiger partial charge in [0.1, 0.15) is 0 Å². The van der Waals surface area contributed by atoms with Crippen LogP contribution in [-0.4, -0.2) is 42.9 Å². The first kappa shape index (κ1) is 17.1. The highest BCUT2D eigenvalue weighted by atomic mass is 32.1. The van der Waals surface area contributed by atoms with Crippen molar-refractivity contribution in [1.82, 2.24) is 10.6 Å². The number of hydrogen-bond acceptors (Lipinski definition) is 4. The van der Waals surface area contributed by atoms with Gasteiger partial charge in [-0.1, -0.05) is 13.8 Å². The zero-order chi connectivity index (χ0) is 15.9. The third kappa shape index (κ3) is 5.18. The minimum atomic E-state index is -0.161. The van der Waals surface area contributed by atoms with E-state index in [1.54, 1.807) is 11.3 Å². The zero-order valence-electron chi connectivity index (χ0n) is 13.4. The van der Waals surface area contributed by atoms with Crippen molar-refractivity contribution in [2.45, 2.75) is 45.2 Å². The highest BCUT2D eigenvalue weighted by Gasteiger charge is 2.22. The first-order valence-corrected chi connectivity index (χ1v) is 8.92. The molecule has 2 rings (SSSR count). The molecule has 0 aromatic carbocycles. The van der Waals surface area contributed by atoms with Crippen molar-refractivity contribution in [3.63, 3.8) is 0 Å². The largest absolute Gasteiger partial charge is 0.394 e. The molecule has 124 valence electrons. The van der Waals surface area contributed by atoms with Gasteiger partial charge in [0.2, 0.25) is 0 Å². The molecule has 0 bridgehead atoms. The van der Waals surface area contributed by atoms with Crippen LogP contribution in [0.25, 0.3) is 0 Å².